The number of halogens is 1. The minimum absolute atomic E-state index is 0.424. The highest BCUT2D eigenvalue weighted by molar-refractivity contribution is 7.98. The molecule has 1 aromatic carbocycles. The van der Waals surface area contributed by atoms with E-state index in [0.717, 1.165) is 28.5 Å². The van der Waals surface area contributed by atoms with Gasteiger partial charge in [0.2, 0.25) is 0 Å². The molecule has 29 heavy (non-hydrogen) atoms. The van der Waals surface area contributed by atoms with Crippen LogP contribution < -0.4 is 0 Å². The first-order chi connectivity index (χ1) is 14.3. The Morgan fingerprint density at radius 2 is 2.10 bits per heavy atom. The first-order valence-corrected chi connectivity index (χ1v) is 10.3. The van der Waals surface area contributed by atoms with Crippen LogP contribution in [0.25, 0.3) is 22.8 Å². The molecule has 4 rings (SSSR count). The van der Waals surface area contributed by atoms with Gasteiger partial charge < -0.3 is 18.2 Å². The molecule has 0 saturated heterocycles. The summed E-state index contributed by atoms with van der Waals surface area (Å²) in [5.74, 6) is 2.21. The Bertz CT molecular complexity index is 1060. The van der Waals surface area contributed by atoms with Gasteiger partial charge in [-0.15, -0.1) is 10.2 Å². The highest BCUT2D eigenvalue weighted by Crippen LogP contribution is 2.30. The van der Waals surface area contributed by atoms with Crippen LogP contribution in [-0.4, -0.2) is 38.6 Å². The number of thioether (sulfide) groups is 1. The van der Waals surface area contributed by atoms with Crippen LogP contribution in [-0.2, 0) is 17.0 Å². The van der Waals surface area contributed by atoms with Gasteiger partial charge in [-0.05, 0) is 24.6 Å². The quantitative estimate of drug-likeness (QED) is 0.281. The predicted octanol–water partition coefficient (Wildman–Crippen LogP) is 4.57. The van der Waals surface area contributed by atoms with Crippen molar-refractivity contribution in [3.05, 3.63) is 53.7 Å². The summed E-state index contributed by atoms with van der Waals surface area (Å²) in [6.45, 7) is 1.35. The third kappa shape index (κ3) is 4.52. The van der Waals surface area contributed by atoms with E-state index in [9.17, 15) is 0 Å². The van der Waals surface area contributed by atoms with Crippen molar-refractivity contribution >= 4 is 23.4 Å². The van der Waals surface area contributed by atoms with Gasteiger partial charge in [0, 0.05) is 25.8 Å². The standard InChI is InChI=1S/C19H18ClN5O3S/c1-26-9-4-8-25-17(14-5-2-3-6-15(14)20)22-23-19(25)29-12-16-21-18(28-24-16)13-7-10-27-11-13/h2-3,5-7,10-11H,4,8-9,12H2,1H3. The van der Waals surface area contributed by atoms with E-state index in [2.05, 4.69) is 20.3 Å². The number of ether oxygens (including phenoxy) is 1. The highest BCUT2D eigenvalue weighted by atomic mass is 35.5. The van der Waals surface area contributed by atoms with Gasteiger partial charge in [-0.3, -0.25) is 0 Å². The first-order valence-electron chi connectivity index (χ1n) is 8.91. The normalized spacial score (nSPS) is 11.2. The number of methoxy groups -OCH3 is 1. The van der Waals surface area contributed by atoms with Crippen molar-refractivity contribution < 1.29 is 13.7 Å². The molecular weight excluding hydrogens is 414 g/mol. The van der Waals surface area contributed by atoms with Gasteiger partial charge >= 0.3 is 0 Å². The molecule has 0 aliphatic carbocycles. The van der Waals surface area contributed by atoms with Gasteiger partial charge in [-0.2, -0.15) is 4.98 Å². The topological polar surface area (TPSA) is 92.0 Å². The van der Waals surface area contributed by atoms with E-state index < -0.39 is 0 Å². The number of nitrogens with zero attached hydrogens (tertiary/aromatic N) is 5. The summed E-state index contributed by atoms with van der Waals surface area (Å²) in [5, 5.41) is 14.1. The smallest absolute Gasteiger partial charge is 0.261 e. The second-order valence-electron chi connectivity index (χ2n) is 6.10. The van der Waals surface area contributed by atoms with Gasteiger partial charge in [-0.1, -0.05) is 40.7 Å². The fourth-order valence-electron chi connectivity index (χ4n) is 2.75. The zero-order valence-electron chi connectivity index (χ0n) is 15.6. The van der Waals surface area contributed by atoms with Crippen molar-refractivity contribution in [3.63, 3.8) is 0 Å². The molecule has 0 N–H and O–H groups in total. The average molecular weight is 432 g/mol. The molecule has 10 heteroatoms. The molecule has 0 spiro atoms. The predicted molar refractivity (Wildman–Crippen MR) is 109 cm³/mol. The largest absolute Gasteiger partial charge is 0.472 e. The first kappa shape index (κ1) is 19.7. The minimum atomic E-state index is 0.424. The SMILES string of the molecule is COCCCn1c(SCc2noc(-c3ccoc3)n2)nnc1-c1ccccc1Cl. The number of furan rings is 1. The van der Waals surface area contributed by atoms with Crippen molar-refractivity contribution in [1.29, 1.82) is 0 Å². The van der Waals surface area contributed by atoms with E-state index in [1.807, 2.05) is 28.8 Å². The molecule has 0 aliphatic rings. The van der Waals surface area contributed by atoms with Crippen LogP contribution in [0.3, 0.4) is 0 Å². The van der Waals surface area contributed by atoms with Gasteiger partial charge in [-0.25, -0.2) is 0 Å². The lowest BCUT2D eigenvalue weighted by Gasteiger charge is -2.10. The Balaban J connectivity index is 1.54. The molecule has 0 aliphatic heterocycles. The monoisotopic (exact) mass is 431 g/mol. The van der Waals surface area contributed by atoms with E-state index >= 15 is 0 Å². The second kappa shape index (κ2) is 9.25. The molecule has 0 radical (unpaired) electrons. The molecule has 4 aromatic rings. The van der Waals surface area contributed by atoms with Crippen LogP contribution in [0.4, 0.5) is 0 Å². The number of hydrogen-bond donors (Lipinski definition) is 0. The third-order valence-electron chi connectivity index (χ3n) is 4.13. The van der Waals surface area contributed by atoms with Gasteiger partial charge in [0.05, 0.1) is 22.6 Å². The molecule has 3 heterocycles. The maximum Gasteiger partial charge on any atom is 0.261 e. The lowest BCUT2D eigenvalue weighted by molar-refractivity contribution is 0.189. The molecule has 8 nitrogen and oxygen atoms in total. The Labute approximate surface area is 176 Å². The molecule has 0 amide bonds. The molecule has 0 bridgehead atoms. The fraction of sp³-hybridized carbons (Fsp3) is 0.263. The summed E-state index contributed by atoms with van der Waals surface area (Å²) in [6.07, 6.45) is 3.95. The number of benzene rings is 1. The van der Waals surface area contributed by atoms with Crippen molar-refractivity contribution in [2.75, 3.05) is 13.7 Å². The summed E-state index contributed by atoms with van der Waals surface area (Å²) >= 11 is 7.86. The summed E-state index contributed by atoms with van der Waals surface area (Å²) in [5.41, 5.74) is 1.59. The maximum absolute atomic E-state index is 6.37. The summed E-state index contributed by atoms with van der Waals surface area (Å²) in [7, 11) is 1.69. The Kier molecular flexibility index (Phi) is 6.28. The lowest BCUT2D eigenvalue weighted by Crippen LogP contribution is -2.05. The lowest BCUT2D eigenvalue weighted by atomic mass is 10.2. The number of rotatable bonds is 9. The second-order valence-corrected chi connectivity index (χ2v) is 7.45. The molecule has 0 atom stereocenters. The number of hydrogen-bond acceptors (Lipinski definition) is 8. The van der Waals surface area contributed by atoms with Crippen LogP contribution in [0.1, 0.15) is 12.2 Å². The van der Waals surface area contributed by atoms with Gasteiger partial charge in [0.1, 0.15) is 6.26 Å². The van der Waals surface area contributed by atoms with E-state index in [1.54, 1.807) is 25.7 Å². The van der Waals surface area contributed by atoms with Crippen molar-refractivity contribution in [2.24, 2.45) is 0 Å². The Morgan fingerprint density at radius 3 is 2.90 bits per heavy atom. The number of aromatic nitrogens is 5. The molecule has 0 unspecified atom stereocenters. The third-order valence-corrected chi connectivity index (χ3v) is 5.42. The van der Waals surface area contributed by atoms with Crippen LogP contribution in [0.2, 0.25) is 5.02 Å². The summed E-state index contributed by atoms with van der Waals surface area (Å²) in [4.78, 5) is 4.39. The van der Waals surface area contributed by atoms with E-state index in [0.29, 0.717) is 35.6 Å². The Hall–Kier alpha value is -2.62. The van der Waals surface area contributed by atoms with Crippen LogP contribution in [0, 0.1) is 0 Å². The summed E-state index contributed by atoms with van der Waals surface area (Å²) < 4.78 is 17.6. The van der Waals surface area contributed by atoms with E-state index in [1.165, 1.54) is 11.8 Å². The summed E-state index contributed by atoms with van der Waals surface area (Å²) in [6, 6.07) is 9.37. The zero-order valence-corrected chi connectivity index (χ0v) is 17.2. The van der Waals surface area contributed by atoms with Crippen LogP contribution in [0.15, 0.2) is 57.0 Å². The van der Waals surface area contributed by atoms with E-state index in [4.69, 9.17) is 25.3 Å². The minimum Gasteiger partial charge on any atom is -0.472 e. The van der Waals surface area contributed by atoms with Crippen LogP contribution in [0.5, 0.6) is 0 Å². The van der Waals surface area contributed by atoms with E-state index in [-0.39, 0.29) is 0 Å². The molecule has 0 fully saturated rings. The maximum atomic E-state index is 6.37. The zero-order chi connectivity index (χ0) is 20.1. The average Bonchev–Trinajstić information content (AvgIpc) is 3.48. The molecule has 150 valence electrons. The highest BCUT2D eigenvalue weighted by Gasteiger charge is 2.18. The molecule has 3 aromatic heterocycles. The van der Waals surface area contributed by atoms with Crippen molar-refractivity contribution in [2.45, 2.75) is 23.9 Å². The molecular formula is C19H18ClN5O3S. The molecule has 0 saturated carbocycles. The van der Waals surface area contributed by atoms with Crippen LogP contribution >= 0.6 is 23.4 Å². The fourth-order valence-corrected chi connectivity index (χ4v) is 3.78. The van der Waals surface area contributed by atoms with Crippen molar-refractivity contribution in [1.82, 2.24) is 24.9 Å². The van der Waals surface area contributed by atoms with Gasteiger partial charge in [0.25, 0.3) is 5.89 Å². The van der Waals surface area contributed by atoms with Crippen molar-refractivity contribution in [3.8, 4) is 22.8 Å². The Morgan fingerprint density at radius 1 is 1.21 bits per heavy atom. The van der Waals surface area contributed by atoms with Gasteiger partial charge in [0.15, 0.2) is 16.8 Å².